The molecule has 0 radical (unpaired) electrons. The van der Waals surface area contributed by atoms with Crippen molar-refractivity contribution in [2.45, 2.75) is 18.9 Å². The molecule has 180 valence electrons. The highest BCUT2D eigenvalue weighted by Crippen LogP contribution is 2.46. The molecule has 0 saturated heterocycles. The molecule has 0 amide bonds. The van der Waals surface area contributed by atoms with Crippen LogP contribution in [0.4, 0.5) is 4.39 Å². The Morgan fingerprint density at radius 2 is 1.43 bits per heavy atom. The number of hydrogen-bond acceptors (Lipinski definition) is 1. The zero-order valence-corrected chi connectivity index (χ0v) is 20.6. The summed E-state index contributed by atoms with van der Waals surface area (Å²) in [7, 11) is 2.17. The van der Waals surface area contributed by atoms with Gasteiger partial charge in [-0.15, -0.1) is 0 Å². The van der Waals surface area contributed by atoms with E-state index in [1.165, 1.54) is 50.6 Å². The average molecular weight is 484 g/mol. The first kappa shape index (κ1) is 21.9. The van der Waals surface area contributed by atoms with E-state index in [0.717, 1.165) is 35.3 Å². The van der Waals surface area contributed by atoms with Crippen LogP contribution < -0.4 is 4.74 Å². The van der Waals surface area contributed by atoms with Crippen molar-refractivity contribution >= 4 is 21.8 Å². The van der Waals surface area contributed by atoms with Crippen LogP contribution in [0.25, 0.3) is 44.1 Å². The number of ether oxygens (including phenoxy) is 1. The van der Waals surface area contributed by atoms with E-state index >= 15 is 0 Å². The molecule has 3 heteroatoms. The Kier molecular flexibility index (Phi) is 5.10. The highest BCUT2D eigenvalue weighted by Gasteiger charge is 2.27. The monoisotopic (exact) mass is 483 g/mol. The van der Waals surface area contributed by atoms with E-state index in [4.69, 9.17) is 4.74 Å². The Balaban J connectivity index is 1.32. The van der Waals surface area contributed by atoms with Crippen molar-refractivity contribution in [2.24, 2.45) is 7.05 Å². The van der Waals surface area contributed by atoms with Gasteiger partial charge in [-0.05, 0) is 64.9 Å². The molecule has 1 aliphatic rings. The van der Waals surface area contributed by atoms with Crippen molar-refractivity contribution in [1.29, 1.82) is 0 Å². The van der Waals surface area contributed by atoms with Gasteiger partial charge in [0.25, 0.3) is 0 Å². The zero-order valence-electron chi connectivity index (χ0n) is 20.6. The first-order valence-corrected chi connectivity index (χ1v) is 12.8. The lowest BCUT2D eigenvalue weighted by Crippen LogP contribution is -2.16. The molecule has 0 aliphatic carbocycles. The predicted molar refractivity (Wildman–Crippen MR) is 149 cm³/mol. The number of rotatable bonds is 3. The summed E-state index contributed by atoms with van der Waals surface area (Å²) in [4.78, 5) is 0. The van der Waals surface area contributed by atoms with Crippen molar-refractivity contribution in [2.75, 3.05) is 0 Å². The van der Waals surface area contributed by atoms with Crippen LogP contribution in [0, 0.1) is 5.82 Å². The third-order valence-electron chi connectivity index (χ3n) is 7.71. The molecule has 37 heavy (non-hydrogen) atoms. The largest absolute Gasteiger partial charge is 0.485 e. The number of benzene rings is 5. The lowest BCUT2D eigenvalue weighted by molar-refractivity contribution is 0.177. The minimum Gasteiger partial charge on any atom is -0.485 e. The summed E-state index contributed by atoms with van der Waals surface area (Å²) in [5.74, 6) is 0.751. The van der Waals surface area contributed by atoms with Gasteiger partial charge in [-0.2, -0.15) is 0 Å². The topological polar surface area (TPSA) is 14.2 Å². The van der Waals surface area contributed by atoms with Crippen LogP contribution in [-0.4, -0.2) is 4.57 Å². The van der Waals surface area contributed by atoms with Crippen molar-refractivity contribution in [1.82, 2.24) is 4.57 Å². The number of nitrogens with zero attached hydrogens (tertiary/aromatic N) is 1. The summed E-state index contributed by atoms with van der Waals surface area (Å²) < 4.78 is 22.4. The standard InChI is InChI=1S/C34H26FNO/c1-36-30-10-6-5-9-27(30)33-29(24-7-3-2-4-8-24)21-32-28(34(33)36)19-20-31(37-32)25-13-11-22(12-14-25)23-15-17-26(35)18-16-23/h2-18,21,31H,19-20H2,1H3. The molecule has 2 nitrogen and oxygen atoms in total. The quantitative estimate of drug-likeness (QED) is 0.245. The Hall–Kier alpha value is -4.37. The maximum absolute atomic E-state index is 13.3. The van der Waals surface area contributed by atoms with Crippen LogP contribution in [0.3, 0.4) is 0 Å². The van der Waals surface area contributed by atoms with Gasteiger partial charge in [0.05, 0.1) is 5.52 Å². The van der Waals surface area contributed by atoms with Crippen LogP contribution in [0.5, 0.6) is 5.75 Å². The fourth-order valence-electron chi connectivity index (χ4n) is 5.87. The first-order chi connectivity index (χ1) is 18.2. The molecule has 5 aromatic carbocycles. The second-order valence-electron chi connectivity index (χ2n) is 9.84. The summed E-state index contributed by atoms with van der Waals surface area (Å²) >= 11 is 0. The molecule has 0 fully saturated rings. The van der Waals surface area contributed by atoms with E-state index in [2.05, 4.69) is 96.5 Å². The van der Waals surface area contributed by atoms with Gasteiger partial charge in [0.1, 0.15) is 17.7 Å². The first-order valence-electron chi connectivity index (χ1n) is 12.8. The summed E-state index contributed by atoms with van der Waals surface area (Å²) in [6.07, 6.45) is 1.87. The van der Waals surface area contributed by atoms with Crippen molar-refractivity contribution in [3.05, 3.63) is 126 Å². The van der Waals surface area contributed by atoms with Gasteiger partial charge < -0.3 is 9.30 Å². The van der Waals surface area contributed by atoms with E-state index in [1.807, 2.05) is 12.1 Å². The number of para-hydroxylation sites is 1. The maximum Gasteiger partial charge on any atom is 0.126 e. The van der Waals surface area contributed by atoms with Crippen LogP contribution >= 0.6 is 0 Å². The molecule has 0 saturated carbocycles. The fourth-order valence-corrected chi connectivity index (χ4v) is 5.87. The Morgan fingerprint density at radius 1 is 0.757 bits per heavy atom. The van der Waals surface area contributed by atoms with Gasteiger partial charge in [0, 0.05) is 28.9 Å². The summed E-state index contributed by atoms with van der Waals surface area (Å²) in [5.41, 5.74) is 9.43. The SMILES string of the molecule is Cn1c2ccccc2c2c(-c3ccccc3)cc3c(c21)CCC(c1ccc(-c2ccc(F)cc2)cc1)O3. The normalized spacial score (nSPS) is 15.0. The van der Waals surface area contributed by atoms with E-state index in [9.17, 15) is 4.39 Å². The number of aromatic nitrogens is 1. The Labute approximate surface area is 215 Å². The molecule has 2 heterocycles. The number of fused-ring (bicyclic) bond motifs is 5. The molecule has 0 bridgehead atoms. The molecular weight excluding hydrogens is 457 g/mol. The van der Waals surface area contributed by atoms with Crippen LogP contribution in [0.2, 0.25) is 0 Å². The lowest BCUT2D eigenvalue weighted by atomic mass is 9.91. The molecule has 7 rings (SSSR count). The minimum absolute atomic E-state index is 0.00877. The fraction of sp³-hybridized carbons (Fsp3) is 0.118. The zero-order chi connectivity index (χ0) is 24.9. The lowest BCUT2D eigenvalue weighted by Gasteiger charge is -2.28. The Morgan fingerprint density at radius 3 is 2.19 bits per heavy atom. The van der Waals surface area contributed by atoms with E-state index in [-0.39, 0.29) is 11.9 Å². The van der Waals surface area contributed by atoms with Crippen molar-refractivity contribution in [3.8, 4) is 28.0 Å². The predicted octanol–water partition coefficient (Wildman–Crippen LogP) is 8.87. The second-order valence-corrected chi connectivity index (χ2v) is 9.84. The molecule has 1 atom stereocenters. The highest BCUT2D eigenvalue weighted by atomic mass is 19.1. The Bertz CT molecular complexity index is 1750. The van der Waals surface area contributed by atoms with Gasteiger partial charge in [0.2, 0.25) is 0 Å². The molecule has 0 N–H and O–H groups in total. The van der Waals surface area contributed by atoms with E-state index < -0.39 is 0 Å². The number of aryl methyl sites for hydroxylation is 2. The highest BCUT2D eigenvalue weighted by molar-refractivity contribution is 6.16. The minimum atomic E-state index is -0.218. The molecule has 6 aromatic rings. The van der Waals surface area contributed by atoms with Crippen LogP contribution in [0.15, 0.2) is 109 Å². The third-order valence-corrected chi connectivity index (χ3v) is 7.71. The molecule has 1 aliphatic heterocycles. The van der Waals surface area contributed by atoms with E-state index in [0.29, 0.717) is 0 Å². The van der Waals surface area contributed by atoms with Gasteiger partial charge in [-0.3, -0.25) is 0 Å². The molecule has 1 aromatic heterocycles. The summed E-state index contributed by atoms with van der Waals surface area (Å²) in [5, 5.41) is 2.58. The van der Waals surface area contributed by atoms with Gasteiger partial charge in [-0.25, -0.2) is 4.39 Å². The smallest absolute Gasteiger partial charge is 0.126 e. The maximum atomic E-state index is 13.3. The third kappa shape index (κ3) is 3.62. The number of hydrogen-bond donors (Lipinski definition) is 0. The second kappa shape index (κ2) is 8.63. The number of halogens is 1. The molecule has 1 unspecified atom stereocenters. The summed E-state index contributed by atoms with van der Waals surface area (Å²) in [6.45, 7) is 0. The van der Waals surface area contributed by atoms with Crippen LogP contribution in [-0.2, 0) is 13.5 Å². The molecule has 0 spiro atoms. The van der Waals surface area contributed by atoms with Gasteiger partial charge in [0.15, 0.2) is 0 Å². The van der Waals surface area contributed by atoms with Crippen LogP contribution in [0.1, 0.15) is 23.7 Å². The van der Waals surface area contributed by atoms with Crippen molar-refractivity contribution < 1.29 is 9.13 Å². The van der Waals surface area contributed by atoms with Gasteiger partial charge in [-0.1, -0.05) is 84.9 Å². The summed E-state index contributed by atoms with van der Waals surface area (Å²) in [6, 6.07) is 36.6. The van der Waals surface area contributed by atoms with E-state index in [1.54, 1.807) is 0 Å². The molecular formula is C34H26FNO. The van der Waals surface area contributed by atoms with Gasteiger partial charge >= 0.3 is 0 Å². The average Bonchev–Trinajstić information content (AvgIpc) is 3.26. The van der Waals surface area contributed by atoms with Crippen molar-refractivity contribution in [3.63, 3.8) is 0 Å².